The number of nitrogens with one attached hydrogen (secondary N) is 1. The first-order valence-corrected chi connectivity index (χ1v) is 8.99. The van der Waals surface area contributed by atoms with Crippen LogP contribution in [0.2, 0.25) is 0 Å². The average molecular weight is 369 g/mol. The molecule has 0 aliphatic carbocycles. The summed E-state index contributed by atoms with van der Waals surface area (Å²) < 4.78 is 5.22. The molecule has 0 bridgehead atoms. The Hall–Kier alpha value is -2.93. The van der Waals surface area contributed by atoms with Crippen molar-refractivity contribution in [3.05, 3.63) is 69.8 Å². The summed E-state index contributed by atoms with van der Waals surface area (Å²) in [6.45, 7) is 2.42. The van der Waals surface area contributed by atoms with E-state index in [-0.39, 0.29) is 17.6 Å². The second-order valence-electron chi connectivity index (χ2n) is 6.55. The molecule has 0 radical (unpaired) electrons. The molecule has 7 heteroatoms. The van der Waals surface area contributed by atoms with E-state index in [9.17, 15) is 14.9 Å². The Morgan fingerprint density at radius 2 is 1.93 bits per heavy atom. The van der Waals surface area contributed by atoms with Gasteiger partial charge in [0.25, 0.3) is 11.6 Å². The van der Waals surface area contributed by atoms with Crippen LogP contribution >= 0.6 is 0 Å². The van der Waals surface area contributed by atoms with Gasteiger partial charge < -0.3 is 10.1 Å². The smallest absolute Gasteiger partial charge is 0.270 e. The minimum absolute atomic E-state index is 0.0565. The zero-order valence-corrected chi connectivity index (χ0v) is 15.3. The van der Waals surface area contributed by atoms with E-state index in [4.69, 9.17) is 4.74 Å². The van der Waals surface area contributed by atoms with Gasteiger partial charge >= 0.3 is 0 Å². The lowest BCUT2D eigenvalue weighted by Crippen LogP contribution is -2.36. The van der Waals surface area contributed by atoms with Crippen molar-refractivity contribution in [2.24, 2.45) is 0 Å². The zero-order valence-electron chi connectivity index (χ0n) is 15.3. The molecule has 0 aromatic heterocycles. The number of carbonyl (C=O) groups is 1. The number of likely N-dealkylation sites (tertiary alicyclic amines) is 1. The van der Waals surface area contributed by atoms with Gasteiger partial charge in [0.15, 0.2) is 0 Å². The van der Waals surface area contributed by atoms with Crippen molar-refractivity contribution in [2.45, 2.75) is 18.9 Å². The highest BCUT2D eigenvalue weighted by atomic mass is 16.6. The summed E-state index contributed by atoms with van der Waals surface area (Å²) in [6, 6.07) is 13.7. The molecule has 0 saturated carbocycles. The Balaban J connectivity index is 1.73. The number of non-ortho nitro benzene ring substituents is 1. The van der Waals surface area contributed by atoms with Crippen molar-refractivity contribution >= 4 is 11.6 Å². The normalized spacial score (nSPS) is 15.3. The van der Waals surface area contributed by atoms with Crippen LogP contribution in [0.5, 0.6) is 5.75 Å². The summed E-state index contributed by atoms with van der Waals surface area (Å²) in [4.78, 5) is 25.3. The van der Waals surface area contributed by atoms with Gasteiger partial charge in [-0.3, -0.25) is 19.8 Å². The fourth-order valence-corrected chi connectivity index (χ4v) is 3.39. The topological polar surface area (TPSA) is 84.7 Å². The van der Waals surface area contributed by atoms with Crippen LogP contribution in [0, 0.1) is 10.1 Å². The van der Waals surface area contributed by atoms with E-state index in [1.54, 1.807) is 13.2 Å². The molecule has 3 rings (SSSR count). The minimum atomic E-state index is -0.499. The van der Waals surface area contributed by atoms with Gasteiger partial charge in [0.05, 0.1) is 18.1 Å². The first-order valence-electron chi connectivity index (χ1n) is 8.99. The molecule has 142 valence electrons. The molecule has 0 spiro atoms. The quantitative estimate of drug-likeness (QED) is 0.598. The van der Waals surface area contributed by atoms with Crippen molar-refractivity contribution in [3.63, 3.8) is 0 Å². The summed E-state index contributed by atoms with van der Waals surface area (Å²) in [5.41, 5.74) is 1.31. The molecule has 2 aromatic rings. The maximum Gasteiger partial charge on any atom is 0.270 e. The van der Waals surface area contributed by atoms with Gasteiger partial charge in [-0.15, -0.1) is 0 Å². The van der Waals surface area contributed by atoms with Crippen molar-refractivity contribution in [1.29, 1.82) is 0 Å². The summed E-state index contributed by atoms with van der Waals surface area (Å²) in [5.74, 6) is 0.482. The molecule has 27 heavy (non-hydrogen) atoms. The van der Waals surface area contributed by atoms with Gasteiger partial charge in [-0.2, -0.15) is 0 Å². The number of benzene rings is 2. The number of ether oxygens (including phenoxy) is 1. The second-order valence-corrected chi connectivity index (χ2v) is 6.55. The van der Waals surface area contributed by atoms with E-state index < -0.39 is 4.92 Å². The van der Waals surface area contributed by atoms with Crippen molar-refractivity contribution in [3.8, 4) is 5.75 Å². The van der Waals surface area contributed by atoms with Crippen LogP contribution in [-0.4, -0.2) is 42.5 Å². The summed E-state index contributed by atoms with van der Waals surface area (Å²) in [5, 5.41) is 13.8. The largest absolute Gasteiger partial charge is 0.497 e. The van der Waals surface area contributed by atoms with E-state index in [2.05, 4.69) is 10.2 Å². The second kappa shape index (κ2) is 8.64. The van der Waals surface area contributed by atoms with E-state index in [1.165, 1.54) is 18.2 Å². The molecule has 1 fully saturated rings. The molecule has 0 unspecified atom stereocenters. The number of amides is 1. The van der Waals surface area contributed by atoms with Crippen LogP contribution < -0.4 is 10.1 Å². The van der Waals surface area contributed by atoms with Gasteiger partial charge in [-0.25, -0.2) is 0 Å². The van der Waals surface area contributed by atoms with Gasteiger partial charge in [0.2, 0.25) is 0 Å². The van der Waals surface area contributed by atoms with E-state index in [1.807, 2.05) is 24.3 Å². The predicted octanol–water partition coefficient (Wildman–Crippen LogP) is 3.17. The number of nitro benzene ring substituents is 1. The first kappa shape index (κ1) is 18.8. The van der Waals surface area contributed by atoms with Crippen molar-refractivity contribution in [1.82, 2.24) is 10.2 Å². The van der Waals surface area contributed by atoms with Crippen LogP contribution in [0.15, 0.2) is 48.5 Å². The third kappa shape index (κ3) is 4.62. The fourth-order valence-electron chi connectivity index (χ4n) is 3.39. The van der Waals surface area contributed by atoms with E-state index in [0.717, 1.165) is 37.2 Å². The van der Waals surface area contributed by atoms with E-state index in [0.29, 0.717) is 12.1 Å². The number of carbonyl (C=O) groups excluding carboxylic acids is 1. The molecule has 1 N–H and O–H groups in total. The van der Waals surface area contributed by atoms with Crippen LogP contribution in [0.1, 0.15) is 34.8 Å². The predicted molar refractivity (Wildman–Crippen MR) is 102 cm³/mol. The standard InChI is InChI=1S/C20H23N3O4/c1-27-18-9-7-15(8-10-18)19(22-11-2-3-12-22)14-21-20(24)16-5-4-6-17(13-16)23(25)26/h4-10,13,19H,2-3,11-12,14H2,1H3,(H,21,24)/t19-/m0/s1. The minimum Gasteiger partial charge on any atom is -0.497 e. The molecule has 1 saturated heterocycles. The Morgan fingerprint density at radius 3 is 2.56 bits per heavy atom. The molecule has 1 heterocycles. The zero-order chi connectivity index (χ0) is 19.2. The lowest BCUT2D eigenvalue weighted by molar-refractivity contribution is -0.384. The summed E-state index contributed by atoms with van der Waals surface area (Å²) >= 11 is 0. The van der Waals surface area contributed by atoms with Gasteiger partial charge in [-0.1, -0.05) is 18.2 Å². The number of methoxy groups -OCH3 is 1. The Kier molecular flexibility index (Phi) is 6.03. The monoisotopic (exact) mass is 369 g/mol. The Bertz CT molecular complexity index is 801. The first-order chi connectivity index (χ1) is 13.1. The van der Waals surface area contributed by atoms with Gasteiger partial charge in [0.1, 0.15) is 5.75 Å². The molecule has 1 aliphatic rings. The van der Waals surface area contributed by atoms with Crippen LogP contribution in [0.4, 0.5) is 5.69 Å². The van der Waals surface area contributed by atoms with Gasteiger partial charge in [-0.05, 0) is 49.7 Å². The number of hydrogen-bond donors (Lipinski definition) is 1. The number of nitro groups is 1. The maximum absolute atomic E-state index is 12.5. The maximum atomic E-state index is 12.5. The lowest BCUT2D eigenvalue weighted by atomic mass is 10.0. The summed E-state index contributed by atoms with van der Waals surface area (Å²) in [7, 11) is 1.63. The highest BCUT2D eigenvalue weighted by Crippen LogP contribution is 2.26. The molecule has 2 aromatic carbocycles. The molecule has 1 atom stereocenters. The lowest BCUT2D eigenvalue weighted by Gasteiger charge is -2.28. The number of hydrogen-bond acceptors (Lipinski definition) is 5. The SMILES string of the molecule is COc1ccc([C@H](CNC(=O)c2cccc([N+](=O)[O-])c2)N2CCCC2)cc1. The van der Waals surface area contributed by atoms with Gasteiger partial charge in [0, 0.05) is 24.2 Å². The Morgan fingerprint density at radius 1 is 1.22 bits per heavy atom. The molecule has 7 nitrogen and oxygen atoms in total. The van der Waals surface area contributed by atoms with Crippen molar-refractivity contribution in [2.75, 3.05) is 26.7 Å². The molecular formula is C20H23N3O4. The molecule has 1 amide bonds. The highest BCUT2D eigenvalue weighted by Gasteiger charge is 2.24. The van der Waals surface area contributed by atoms with Crippen molar-refractivity contribution < 1.29 is 14.5 Å². The number of nitrogens with zero attached hydrogens (tertiary/aromatic N) is 2. The van der Waals surface area contributed by atoms with Crippen LogP contribution in [0.3, 0.4) is 0 Å². The third-order valence-corrected chi connectivity index (χ3v) is 4.86. The fraction of sp³-hybridized carbons (Fsp3) is 0.350. The van der Waals surface area contributed by atoms with Crippen LogP contribution in [0.25, 0.3) is 0 Å². The highest BCUT2D eigenvalue weighted by molar-refractivity contribution is 5.94. The Labute approximate surface area is 158 Å². The number of rotatable bonds is 7. The van der Waals surface area contributed by atoms with Crippen LogP contribution in [-0.2, 0) is 0 Å². The molecular weight excluding hydrogens is 346 g/mol. The third-order valence-electron chi connectivity index (χ3n) is 4.86. The van der Waals surface area contributed by atoms with E-state index >= 15 is 0 Å². The molecule has 1 aliphatic heterocycles. The average Bonchev–Trinajstić information content (AvgIpc) is 3.23. The summed E-state index contributed by atoms with van der Waals surface area (Å²) in [6.07, 6.45) is 2.29.